The Balaban J connectivity index is 2.08. The quantitative estimate of drug-likeness (QED) is 0.290. The molecule has 0 aliphatic heterocycles. The van der Waals surface area contributed by atoms with Crippen molar-refractivity contribution in [3.05, 3.63) is 84.0 Å². The topological polar surface area (TPSA) is 71.1 Å². The van der Waals surface area contributed by atoms with Gasteiger partial charge in [-0.1, -0.05) is 37.4 Å². The fourth-order valence-electron chi connectivity index (χ4n) is 2.80. The van der Waals surface area contributed by atoms with Gasteiger partial charge < -0.3 is 18.9 Å². The molecule has 2 aromatic rings. The van der Waals surface area contributed by atoms with Gasteiger partial charge in [0.05, 0.1) is 0 Å². The first-order valence-electron chi connectivity index (χ1n) is 9.96. The molecule has 31 heavy (non-hydrogen) atoms. The molecule has 0 saturated carbocycles. The molecule has 164 valence electrons. The molecule has 0 fully saturated rings. The first-order chi connectivity index (χ1) is 14.9. The smallest absolute Gasteiger partial charge is 0.330 e. The Labute approximate surface area is 183 Å². The van der Waals surface area contributed by atoms with Gasteiger partial charge in [0.25, 0.3) is 0 Å². The zero-order valence-corrected chi connectivity index (χ0v) is 18.0. The molecule has 0 spiro atoms. The van der Waals surface area contributed by atoms with Crippen molar-refractivity contribution in [1.29, 1.82) is 0 Å². The van der Waals surface area contributed by atoms with Crippen LogP contribution in [0.3, 0.4) is 0 Å². The molecule has 0 unspecified atom stereocenters. The van der Waals surface area contributed by atoms with Crippen LogP contribution in [0.5, 0.6) is 11.5 Å². The number of aryl methyl sites for hydroxylation is 2. The summed E-state index contributed by atoms with van der Waals surface area (Å²) in [7, 11) is 0. The summed E-state index contributed by atoms with van der Waals surface area (Å²) in [5.74, 6) is 0.490. The molecule has 6 nitrogen and oxygen atoms in total. The number of carbonyl (C=O) groups excluding carboxylic acids is 2. The maximum Gasteiger partial charge on any atom is 0.330 e. The van der Waals surface area contributed by atoms with Crippen molar-refractivity contribution >= 4 is 11.9 Å². The van der Waals surface area contributed by atoms with E-state index in [1.807, 2.05) is 50.2 Å². The van der Waals surface area contributed by atoms with Crippen LogP contribution in [-0.2, 0) is 25.5 Å². The van der Waals surface area contributed by atoms with E-state index in [9.17, 15) is 9.59 Å². The predicted molar refractivity (Wildman–Crippen MR) is 118 cm³/mol. The highest BCUT2D eigenvalue weighted by molar-refractivity contribution is 5.81. The van der Waals surface area contributed by atoms with E-state index in [1.54, 1.807) is 0 Å². The predicted octanol–water partition coefficient (Wildman–Crippen LogP) is 4.11. The normalized spacial score (nSPS) is 10.1. The number of hydrogen-bond donors (Lipinski definition) is 0. The van der Waals surface area contributed by atoms with Gasteiger partial charge in [-0.05, 0) is 48.2 Å². The van der Waals surface area contributed by atoms with Gasteiger partial charge in [-0.25, -0.2) is 9.59 Å². The van der Waals surface area contributed by atoms with E-state index in [2.05, 4.69) is 13.2 Å². The lowest BCUT2D eigenvalue weighted by Gasteiger charge is -2.16. The summed E-state index contributed by atoms with van der Waals surface area (Å²) in [6.45, 7) is 11.5. The van der Waals surface area contributed by atoms with Gasteiger partial charge in [-0.3, -0.25) is 0 Å². The molecular formula is C25H28O6. The van der Waals surface area contributed by atoms with E-state index in [0.717, 1.165) is 45.9 Å². The number of ether oxygens (including phenoxy) is 4. The minimum atomic E-state index is -0.478. The molecule has 0 aliphatic rings. The van der Waals surface area contributed by atoms with Crippen molar-refractivity contribution in [2.45, 2.75) is 20.3 Å². The number of esters is 2. The highest BCUT2D eigenvalue weighted by Gasteiger charge is 2.11. The van der Waals surface area contributed by atoms with Crippen LogP contribution in [0.2, 0.25) is 0 Å². The highest BCUT2D eigenvalue weighted by Crippen LogP contribution is 2.28. The van der Waals surface area contributed by atoms with E-state index in [1.165, 1.54) is 0 Å². The van der Waals surface area contributed by atoms with Gasteiger partial charge in [0, 0.05) is 18.6 Å². The van der Waals surface area contributed by atoms with Crippen LogP contribution >= 0.6 is 0 Å². The van der Waals surface area contributed by atoms with Gasteiger partial charge in [0.2, 0.25) is 0 Å². The molecule has 0 N–H and O–H groups in total. The van der Waals surface area contributed by atoms with E-state index >= 15 is 0 Å². The summed E-state index contributed by atoms with van der Waals surface area (Å²) in [5.41, 5.74) is 4.08. The summed E-state index contributed by atoms with van der Waals surface area (Å²) >= 11 is 0. The fourth-order valence-corrected chi connectivity index (χ4v) is 2.80. The van der Waals surface area contributed by atoms with Gasteiger partial charge >= 0.3 is 11.9 Å². The van der Waals surface area contributed by atoms with Crippen LogP contribution in [0.25, 0.3) is 0 Å². The fraction of sp³-hybridized carbons (Fsp3) is 0.280. The van der Waals surface area contributed by atoms with Gasteiger partial charge in [0.15, 0.2) is 0 Å². The molecule has 0 amide bonds. The van der Waals surface area contributed by atoms with Crippen LogP contribution in [0, 0.1) is 13.8 Å². The average Bonchev–Trinajstić information content (AvgIpc) is 2.76. The van der Waals surface area contributed by atoms with Gasteiger partial charge in [-0.2, -0.15) is 0 Å². The van der Waals surface area contributed by atoms with Crippen molar-refractivity contribution in [2.75, 3.05) is 26.4 Å². The SMILES string of the molecule is C=CC(=O)OCCOc1cc(C)ccc1Cc1ccc(C)cc1OCCOC(=O)C=C. The molecule has 2 rings (SSSR count). The van der Waals surface area contributed by atoms with Crippen molar-refractivity contribution < 1.29 is 28.5 Å². The Morgan fingerprint density at radius 2 is 1.16 bits per heavy atom. The zero-order valence-electron chi connectivity index (χ0n) is 18.0. The molecule has 0 aromatic heterocycles. The van der Waals surface area contributed by atoms with E-state index in [-0.39, 0.29) is 26.4 Å². The molecule has 0 aliphatic carbocycles. The Kier molecular flexibility index (Phi) is 9.36. The second-order valence-corrected chi connectivity index (χ2v) is 6.84. The van der Waals surface area contributed by atoms with Crippen LogP contribution in [-0.4, -0.2) is 38.4 Å². The Bertz CT molecular complexity index is 856. The van der Waals surface area contributed by atoms with E-state index in [0.29, 0.717) is 6.42 Å². The Morgan fingerprint density at radius 1 is 0.742 bits per heavy atom. The lowest BCUT2D eigenvalue weighted by atomic mass is 10.0. The van der Waals surface area contributed by atoms with E-state index in [4.69, 9.17) is 18.9 Å². The van der Waals surface area contributed by atoms with Crippen LogP contribution < -0.4 is 9.47 Å². The molecule has 0 heterocycles. The van der Waals surface area contributed by atoms with Crippen molar-refractivity contribution in [3.63, 3.8) is 0 Å². The number of carbonyl (C=O) groups is 2. The van der Waals surface area contributed by atoms with Gasteiger partial charge in [-0.15, -0.1) is 0 Å². The van der Waals surface area contributed by atoms with E-state index < -0.39 is 11.9 Å². The molecular weight excluding hydrogens is 396 g/mol. The third kappa shape index (κ3) is 8.01. The third-order valence-corrected chi connectivity index (χ3v) is 4.33. The van der Waals surface area contributed by atoms with Crippen molar-refractivity contribution in [1.82, 2.24) is 0 Å². The molecule has 0 atom stereocenters. The van der Waals surface area contributed by atoms with Crippen LogP contribution in [0.4, 0.5) is 0 Å². The van der Waals surface area contributed by atoms with Crippen LogP contribution in [0.1, 0.15) is 22.3 Å². The lowest BCUT2D eigenvalue weighted by molar-refractivity contribution is -0.139. The maximum absolute atomic E-state index is 11.2. The molecule has 6 heteroatoms. The summed E-state index contributed by atoms with van der Waals surface area (Å²) in [6.07, 6.45) is 2.83. The summed E-state index contributed by atoms with van der Waals surface area (Å²) in [6, 6.07) is 12.0. The number of benzene rings is 2. The van der Waals surface area contributed by atoms with Gasteiger partial charge in [0.1, 0.15) is 37.9 Å². The highest BCUT2D eigenvalue weighted by atomic mass is 16.6. The molecule has 0 saturated heterocycles. The maximum atomic E-state index is 11.2. The Hall–Kier alpha value is -3.54. The van der Waals surface area contributed by atoms with Crippen molar-refractivity contribution in [2.24, 2.45) is 0 Å². The summed E-state index contributed by atoms with van der Waals surface area (Å²) in [5, 5.41) is 0. The number of hydrogen-bond acceptors (Lipinski definition) is 6. The molecule has 0 bridgehead atoms. The first kappa shape index (κ1) is 23.7. The minimum absolute atomic E-state index is 0.139. The minimum Gasteiger partial charge on any atom is -0.490 e. The molecule has 2 aromatic carbocycles. The van der Waals surface area contributed by atoms with Crippen molar-refractivity contribution in [3.8, 4) is 11.5 Å². The third-order valence-electron chi connectivity index (χ3n) is 4.33. The average molecular weight is 424 g/mol. The Morgan fingerprint density at radius 3 is 1.55 bits per heavy atom. The summed E-state index contributed by atoms with van der Waals surface area (Å²) < 4.78 is 21.7. The number of rotatable bonds is 12. The largest absolute Gasteiger partial charge is 0.490 e. The molecule has 0 radical (unpaired) electrons. The summed E-state index contributed by atoms with van der Waals surface area (Å²) in [4.78, 5) is 22.3. The zero-order chi connectivity index (χ0) is 22.6. The van der Waals surface area contributed by atoms with Crippen LogP contribution in [0.15, 0.2) is 61.7 Å². The standard InChI is InChI=1S/C25H28O6/c1-5-24(26)30-13-11-28-22-15-18(3)7-9-20(22)17-21-10-8-19(4)16-23(21)29-12-14-31-25(27)6-2/h5-10,15-16H,1-2,11-14,17H2,3-4H3. The second kappa shape index (κ2) is 12.2. The monoisotopic (exact) mass is 424 g/mol. The lowest BCUT2D eigenvalue weighted by Crippen LogP contribution is -2.12. The second-order valence-electron chi connectivity index (χ2n) is 6.84. The first-order valence-corrected chi connectivity index (χ1v) is 9.96.